The second kappa shape index (κ2) is 6.29. The molecule has 0 spiro atoms. The van der Waals surface area contributed by atoms with Crippen molar-refractivity contribution in [2.24, 2.45) is 0 Å². The van der Waals surface area contributed by atoms with Gasteiger partial charge in [0.15, 0.2) is 5.82 Å². The fraction of sp³-hybridized carbons (Fsp3) is 0.533. The summed E-state index contributed by atoms with van der Waals surface area (Å²) < 4.78 is 3.30. The van der Waals surface area contributed by atoms with Gasteiger partial charge in [-0.1, -0.05) is 6.92 Å². The van der Waals surface area contributed by atoms with Gasteiger partial charge < -0.3 is 9.88 Å². The Bertz CT molecular complexity index is 633. The molecule has 112 valence electrons. The number of halogens is 1. The number of rotatable bonds is 6. The maximum Gasteiger partial charge on any atom is 0.180 e. The number of hydrogen-bond donors (Lipinski definition) is 1. The number of anilines is 1. The van der Waals surface area contributed by atoms with Crippen molar-refractivity contribution in [2.45, 2.75) is 45.6 Å². The van der Waals surface area contributed by atoms with Gasteiger partial charge in [0, 0.05) is 19.0 Å². The van der Waals surface area contributed by atoms with E-state index in [0.29, 0.717) is 5.92 Å². The monoisotopic (exact) mass is 397 g/mol. The molecule has 0 saturated heterocycles. The van der Waals surface area contributed by atoms with Gasteiger partial charge in [0.25, 0.3) is 0 Å². The summed E-state index contributed by atoms with van der Waals surface area (Å²) in [6.45, 7) is 6.07. The van der Waals surface area contributed by atoms with E-state index in [2.05, 4.69) is 51.3 Å². The van der Waals surface area contributed by atoms with E-state index >= 15 is 0 Å². The first-order chi connectivity index (χ1) is 10.2. The van der Waals surface area contributed by atoms with Crippen LogP contribution in [0.5, 0.6) is 0 Å². The van der Waals surface area contributed by atoms with Gasteiger partial charge >= 0.3 is 0 Å². The molecule has 0 bridgehead atoms. The van der Waals surface area contributed by atoms with Crippen molar-refractivity contribution in [1.29, 1.82) is 0 Å². The molecule has 0 radical (unpaired) electrons. The Kier molecular flexibility index (Phi) is 4.42. The normalized spacial score (nSPS) is 14.4. The molecule has 1 saturated carbocycles. The summed E-state index contributed by atoms with van der Waals surface area (Å²) in [6.07, 6.45) is 7.29. The molecule has 0 atom stereocenters. The minimum absolute atomic E-state index is 0.610. The van der Waals surface area contributed by atoms with Crippen molar-refractivity contribution in [3.8, 4) is 11.5 Å². The van der Waals surface area contributed by atoms with Gasteiger partial charge in [-0.15, -0.1) is 0 Å². The first-order valence-electron chi connectivity index (χ1n) is 7.56. The van der Waals surface area contributed by atoms with Gasteiger partial charge in [-0.2, -0.15) is 0 Å². The molecule has 0 unspecified atom stereocenters. The number of aryl methyl sites for hydroxylation is 1. The fourth-order valence-corrected chi connectivity index (χ4v) is 3.29. The van der Waals surface area contributed by atoms with E-state index in [1.807, 2.05) is 12.5 Å². The van der Waals surface area contributed by atoms with E-state index in [-0.39, 0.29) is 0 Å². The maximum absolute atomic E-state index is 4.84. The maximum atomic E-state index is 4.84. The van der Waals surface area contributed by atoms with Crippen molar-refractivity contribution >= 4 is 28.4 Å². The van der Waals surface area contributed by atoms with Crippen LogP contribution in [0.25, 0.3) is 11.5 Å². The molecule has 21 heavy (non-hydrogen) atoms. The van der Waals surface area contributed by atoms with Gasteiger partial charge in [-0.25, -0.2) is 15.0 Å². The number of hydrogen-bond acceptors (Lipinski definition) is 4. The van der Waals surface area contributed by atoms with E-state index < -0.39 is 0 Å². The second-order valence-corrected chi connectivity index (χ2v) is 6.45. The summed E-state index contributed by atoms with van der Waals surface area (Å²) in [6, 6.07) is 0. The van der Waals surface area contributed by atoms with E-state index in [1.54, 1.807) is 0 Å². The lowest BCUT2D eigenvalue weighted by Gasteiger charge is -2.13. The summed E-state index contributed by atoms with van der Waals surface area (Å²) in [7, 11) is 0. The van der Waals surface area contributed by atoms with Crippen LogP contribution in [-0.4, -0.2) is 26.1 Å². The quantitative estimate of drug-likeness (QED) is 0.756. The third kappa shape index (κ3) is 3.04. The number of nitrogens with zero attached hydrogens (tertiary/aromatic N) is 4. The van der Waals surface area contributed by atoms with Crippen molar-refractivity contribution in [3.05, 3.63) is 21.8 Å². The van der Waals surface area contributed by atoms with Gasteiger partial charge in [-0.3, -0.25) is 0 Å². The zero-order valence-corrected chi connectivity index (χ0v) is 14.6. The van der Waals surface area contributed by atoms with Crippen LogP contribution in [0.2, 0.25) is 0 Å². The van der Waals surface area contributed by atoms with Crippen LogP contribution in [0.3, 0.4) is 0 Å². The number of nitrogens with one attached hydrogen (secondary N) is 1. The number of aromatic nitrogens is 4. The highest BCUT2D eigenvalue weighted by Gasteiger charge is 2.29. The van der Waals surface area contributed by atoms with Crippen molar-refractivity contribution in [1.82, 2.24) is 19.5 Å². The van der Waals surface area contributed by atoms with Crippen molar-refractivity contribution < 1.29 is 0 Å². The molecule has 2 aromatic rings. The van der Waals surface area contributed by atoms with E-state index in [4.69, 9.17) is 9.97 Å². The Balaban J connectivity index is 2.06. The van der Waals surface area contributed by atoms with E-state index in [9.17, 15) is 0 Å². The van der Waals surface area contributed by atoms with Crippen LogP contribution in [0, 0.1) is 3.57 Å². The molecule has 2 aromatic heterocycles. The van der Waals surface area contributed by atoms with Crippen LogP contribution in [0.4, 0.5) is 5.82 Å². The highest BCUT2D eigenvalue weighted by Crippen LogP contribution is 2.42. The molecule has 1 aliphatic carbocycles. The lowest BCUT2D eigenvalue weighted by atomic mass is 10.2. The van der Waals surface area contributed by atoms with E-state index in [1.165, 1.54) is 22.1 Å². The molecule has 0 aromatic carbocycles. The molecule has 1 aliphatic rings. The predicted octanol–water partition coefficient (Wildman–Crippen LogP) is 3.66. The first-order valence-corrected chi connectivity index (χ1v) is 8.64. The SMILES string of the molecule is CCCn1cncc1-c1nc(NCC)c(I)c(C2CC2)n1. The summed E-state index contributed by atoms with van der Waals surface area (Å²) in [5, 5.41) is 3.36. The lowest BCUT2D eigenvalue weighted by Crippen LogP contribution is -2.09. The summed E-state index contributed by atoms with van der Waals surface area (Å²) in [5.74, 6) is 2.35. The second-order valence-electron chi connectivity index (χ2n) is 5.37. The Morgan fingerprint density at radius 3 is 2.81 bits per heavy atom. The van der Waals surface area contributed by atoms with Crippen molar-refractivity contribution in [3.63, 3.8) is 0 Å². The largest absolute Gasteiger partial charge is 0.369 e. The molecular formula is C15H20IN5. The van der Waals surface area contributed by atoms with Crippen LogP contribution in [-0.2, 0) is 6.54 Å². The average molecular weight is 397 g/mol. The Morgan fingerprint density at radius 1 is 1.33 bits per heavy atom. The molecule has 1 fully saturated rings. The minimum Gasteiger partial charge on any atom is -0.369 e. The zero-order chi connectivity index (χ0) is 14.8. The van der Waals surface area contributed by atoms with Crippen molar-refractivity contribution in [2.75, 3.05) is 11.9 Å². The summed E-state index contributed by atoms with van der Waals surface area (Å²) in [5.41, 5.74) is 2.20. The van der Waals surface area contributed by atoms with Crippen LogP contribution in [0.1, 0.15) is 44.7 Å². The van der Waals surface area contributed by atoms with Crippen LogP contribution in [0.15, 0.2) is 12.5 Å². The standard InChI is InChI=1S/C15H20IN5/c1-3-7-21-9-17-8-11(21)14-19-13(10-5-6-10)12(16)15(20-14)18-4-2/h8-10H,3-7H2,1-2H3,(H,18,19,20). The highest BCUT2D eigenvalue weighted by molar-refractivity contribution is 14.1. The molecule has 2 heterocycles. The Hall–Kier alpha value is -1.18. The molecule has 6 heteroatoms. The van der Waals surface area contributed by atoms with Crippen LogP contribution >= 0.6 is 22.6 Å². The summed E-state index contributed by atoms with van der Waals surface area (Å²) in [4.78, 5) is 13.8. The highest BCUT2D eigenvalue weighted by atomic mass is 127. The smallest absolute Gasteiger partial charge is 0.180 e. The summed E-state index contributed by atoms with van der Waals surface area (Å²) >= 11 is 2.37. The van der Waals surface area contributed by atoms with Gasteiger partial charge in [-0.05, 0) is 48.8 Å². The van der Waals surface area contributed by atoms with Gasteiger partial charge in [0.2, 0.25) is 0 Å². The Labute approximate surface area is 138 Å². The molecule has 5 nitrogen and oxygen atoms in total. The number of imidazole rings is 1. The molecule has 3 rings (SSSR count). The minimum atomic E-state index is 0.610. The molecule has 0 aliphatic heterocycles. The zero-order valence-electron chi connectivity index (χ0n) is 12.4. The third-order valence-corrected chi connectivity index (χ3v) is 4.65. The molecule has 1 N–H and O–H groups in total. The van der Waals surface area contributed by atoms with Gasteiger partial charge in [0.05, 0.1) is 21.8 Å². The fourth-order valence-electron chi connectivity index (χ4n) is 2.42. The lowest BCUT2D eigenvalue weighted by molar-refractivity contribution is 0.681. The first kappa shape index (κ1) is 14.7. The molecule has 0 amide bonds. The predicted molar refractivity (Wildman–Crippen MR) is 92.4 cm³/mol. The average Bonchev–Trinajstić information content (AvgIpc) is 3.21. The Morgan fingerprint density at radius 2 is 2.14 bits per heavy atom. The van der Waals surface area contributed by atoms with Gasteiger partial charge in [0.1, 0.15) is 11.5 Å². The topological polar surface area (TPSA) is 55.6 Å². The molecular weight excluding hydrogens is 377 g/mol. The van der Waals surface area contributed by atoms with E-state index in [0.717, 1.165) is 36.8 Å². The van der Waals surface area contributed by atoms with Crippen LogP contribution < -0.4 is 5.32 Å². The third-order valence-electron chi connectivity index (χ3n) is 3.59.